The number of carbonyl (C=O) groups is 1. The Morgan fingerprint density at radius 1 is 1.29 bits per heavy atom. The molecule has 0 fully saturated rings. The summed E-state index contributed by atoms with van der Waals surface area (Å²) in [6.07, 6.45) is 0. The number of halogens is 1. The second-order valence-electron chi connectivity index (χ2n) is 4.47. The minimum atomic E-state index is -0.363. The Morgan fingerprint density at radius 2 is 2.05 bits per heavy atom. The monoisotopic (exact) mass is 304 g/mol. The molecule has 0 aromatic heterocycles. The average Bonchev–Trinajstić information content (AvgIpc) is 2.48. The van der Waals surface area contributed by atoms with Gasteiger partial charge in [-0.25, -0.2) is 4.79 Å². The van der Waals surface area contributed by atoms with E-state index in [1.165, 1.54) is 0 Å². The quantitative estimate of drug-likeness (QED) is 0.653. The molecule has 2 rings (SSSR count). The van der Waals surface area contributed by atoms with E-state index in [2.05, 4.69) is 5.32 Å². The van der Waals surface area contributed by atoms with Crippen LogP contribution in [0.5, 0.6) is 0 Å². The molecule has 2 aromatic carbocycles. The summed E-state index contributed by atoms with van der Waals surface area (Å²) in [5, 5.41) is 3.88. The Morgan fingerprint density at radius 3 is 2.76 bits per heavy atom. The molecule has 0 amide bonds. The third kappa shape index (κ3) is 3.89. The van der Waals surface area contributed by atoms with Crippen molar-refractivity contribution in [3.63, 3.8) is 0 Å². The standard InChI is InChI=1S/C16H17ClN2O2/c1-2-21-16(20)11-7-8-14(18)15(9-11)19-10-12-5-3-4-6-13(12)17/h3-9,19H,2,10,18H2,1H3. The third-order valence-corrected chi connectivity index (χ3v) is 3.36. The molecule has 0 aliphatic rings. The topological polar surface area (TPSA) is 64.3 Å². The number of hydrogen-bond acceptors (Lipinski definition) is 4. The van der Waals surface area contributed by atoms with Crippen LogP contribution in [0.4, 0.5) is 11.4 Å². The molecular weight excluding hydrogens is 288 g/mol. The average molecular weight is 305 g/mol. The smallest absolute Gasteiger partial charge is 0.338 e. The maximum atomic E-state index is 11.7. The summed E-state index contributed by atoms with van der Waals surface area (Å²) < 4.78 is 4.98. The minimum absolute atomic E-state index is 0.339. The van der Waals surface area contributed by atoms with Crippen molar-refractivity contribution in [1.82, 2.24) is 0 Å². The lowest BCUT2D eigenvalue weighted by Crippen LogP contribution is -2.08. The molecule has 0 heterocycles. The van der Waals surface area contributed by atoms with E-state index in [4.69, 9.17) is 22.1 Å². The van der Waals surface area contributed by atoms with Crippen molar-refractivity contribution in [3.8, 4) is 0 Å². The Balaban J connectivity index is 2.14. The van der Waals surface area contributed by atoms with Crippen LogP contribution < -0.4 is 11.1 Å². The molecule has 3 N–H and O–H groups in total. The predicted molar refractivity (Wildman–Crippen MR) is 85.6 cm³/mol. The Bertz CT molecular complexity index is 644. The fourth-order valence-electron chi connectivity index (χ4n) is 1.88. The number of nitrogens with one attached hydrogen (secondary N) is 1. The van der Waals surface area contributed by atoms with Crippen LogP contribution in [0.1, 0.15) is 22.8 Å². The van der Waals surface area contributed by atoms with Gasteiger partial charge < -0.3 is 15.8 Å². The first-order valence-corrected chi connectivity index (χ1v) is 7.03. The van der Waals surface area contributed by atoms with Crippen LogP contribution in [0, 0.1) is 0 Å². The van der Waals surface area contributed by atoms with Crippen LogP contribution in [0.3, 0.4) is 0 Å². The minimum Gasteiger partial charge on any atom is -0.462 e. The van der Waals surface area contributed by atoms with Crippen molar-refractivity contribution in [2.24, 2.45) is 0 Å². The van der Waals surface area contributed by atoms with Gasteiger partial charge in [-0.05, 0) is 36.8 Å². The third-order valence-electron chi connectivity index (χ3n) is 2.99. The molecule has 0 spiro atoms. The lowest BCUT2D eigenvalue weighted by atomic mass is 10.1. The van der Waals surface area contributed by atoms with Gasteiger partial charge in [-0.3, -0.25) is 0 Å². The Hall–Kier alpha value is -2.20. The fraction of sp³-hybridized carbons (Fsp3) is 0.188. The molecule has 5 heteroatoms. The molecule has 21 heavy (non-hydrogen) atoms. The second-order valence-corrected chi connectivity index (χ2v) is 4.87. The zero-order valence-corrected chi connectivity index (χ0v) is 12.5. The van der Waals surface area contributed by atoms with E-state index in [-0.39, 0.29) is 5.97 Å². The van der Waals surface area contributed by atoms with Crippen LogP contribution in [0.2, 0.25) is 5.02 Å². The molecule has 0 saturated heterocycles. The SMILES string of the molecule is CCOC(=O)c1ccc(N)c(NCc2ccccc2Cl)c1. The van der Waals surface area contributed by atoms with E-state index >= 15 is 0 Å². The summed E-state index contributed by atoms with van der Waals surface area (Å²) in [5.74, 6) is -0.363. The number of nitrogens with two attached hydrogens (primary N) is 1. The Labute approximate surface area is 128 Å². The Kier molecular flexibility index (Phi) is 5.06. The summed E-state index contributed by atoms with van der Waals surface area (Å²) >= 11 is 6.11. The van der Waals surface area contributed by atoms with E-state index in [0.29, 0.717) is 35.1 Å². The van der Waals surface area contributed by atoms with Gasteiger partial charge in [0.25, 0.3) is 0 Å². The van der Waals surface area contributed by atoms with E-state index < -0.39 is 0 Å². The number of nitrogen functional groups attached to an aromatic ring is 1. The second kappa shape index (κ2) is 6.99. The lowest BCUT2D eigenvalue weighted by molar-refractivity contribution is 0.0526. The first-order chi connectivity index (χ1) is 10.1. The van der Waals surface area contributed by atoms with Crippen LogP contribution in [0.15, 0.2) is 42.5 Å². The van der Waals surface area contributed by atoms with Crippen LogP contribution in [-0.2, 0) is 11.3 Å². The summed E-state index contributed by atoms with van der Waals surface area (Å²) in [7, 11) is 0. The summed E-state index contributed by atoms with van der Waals surface area (Å²) in [4.78, 5) is 11.7. The van der Waals surface area contributed by atoms with Gasteiger partial charge in [0.1, 0.15) is 0 Å². The van der Waals surface area contributed by atoms with Crippen molar-refractivity contribution >= 4 is 28.9 Å². The first kappa shape index (κ1) is 15.2. The molecule has 0 unspecified atom stereocenters. The highest BCUT2D eigenvalue weighted by atomic mass is 35.5. The van der Waals surface area contributed by atoms with Crippen molar-refractivity contribution in [2.45, 2.75) is 13.5 Å². The molecule has 0 aliphatic heterocycles. The number of ether oxygens (including phenoxy) is 1. The van der Waals surface area contributed by atoms with Crippen molar-refractivity contribution < 1.29 is 9.53 Å². The van der Waals surface area contributed by atoms with Gasteiger partial charge in [0.05, 0.1) is 23.5 Å². The highest BCUT2D eigenvalue weighted by molar-refractivity contribution is 6.31. The van der Waals surface area contributed by atoms with Crippen LogP contribution >= 0.6 is 11.6 Å². The summed E-state index contributed by atoms with van der Waals surface area (Å²) in [6.45, 7) is 2.63. The van der Waals surface area contributed by atoms with E-state index in [1.54, 1.807) is 25.1 Å². The molecule has 0 radical (unpaired) electrons. The largest absolute Gasteiger partial charge is 0.462 e. The van der Waals surface area contributed by atoms with Crippen LogP contribution in [0.25, 0.3) is 0 Å². The van der Waals surface area contributed by atoms with E-state index in [9.17, 15) is 4.79 Å². The number of anilines is 2. The molecule has 0 saturated carbocycles. The maximum absolute atomic E-state index is 11.7. The van der Waals surface area contributed by atoms with Gasteiger partial charge in [-0.2, -0.15) is 0 Å². The highest BCUT2D eigenvalue weighted by Gasteiger charge is 2.09. The number of hydrogen-bond donors (Lipinski definition) is 2. The van der Waals surface area contributed by atoms with Gasteiger partial charge in [-0.1, -0.05) is 29.8 Å². The predicted octanol–water partition coefficient (Wildman–Crippen LogP) is 3.71. The van der Waals surface area contributed by atoms with Crippen molar-refractivity contribution in [2.75, 3.05) is 17.7 Å². The van der Waals surface area contributed by atoms with Gasteiger partial charge in [0.2, 0.25) is 0 Å². The lowest BCUT2D eigenvalue weighted by Gasteiger charge is -2.12. The van der Waals surface area contributed by atoms with Crippen molar-refractivity contribution in [1.29, 1.82) is 0 Å². The van der Waals surface area contributed by atoms with Gasteiger partial charge >= 0.3 is 5.97 Å². The maximum Gasteiger partial charge on any atom is 0.338 e. The molecule has 110 valence electrons. The molecule has 0 atom stereocenters. The van der Waals surface area contributed by atoms with Gasteiger partial charge in [0.15, 0.2) is 0 Å². The zero-order chi connectivity index (χ0) is 15.2. The van der Waals surface area contributed by atoms with Crippen LogP contribution in [-0.4, -0.2) is 12.6 Å². The molecule has 4 nitrogen and oxygen atoms in total. The van der Waals surface area contributed by atoms with E-state index in [0.717, 1.165) is 5.56 Å². The molecule has 2 aromatic rings. The van der Waals surface area contributed by atoms with Gasteiger partial charge in [0, 0.05) is 11.6 Å². The highest BCUT2D eigenvalue weighted by Crippen LogP contribution is 2.23. The number of benzene rings is 2. The zero-order valence-electron chi connectivity index (χ0n) is 11.7. The first-order valence-electron chi connectivity index (χ1n) is 6.65. The normalized spacial score (nSPS) is 10.2. The molecule has 0 bridgehead atoms. The van der Waals surface area contributed by atoms with E-state index in [1.807, 2.05) is 24.3 Å². The fourth-order valence-corrected chi connectivity index (χ4v) is 2.09. The summed E-state index contributed by atoms with van der Waals surface area (Å²) in [6, 6.07) is 12.6. The molecular formula is C16H17ClN2O2. The van der Waals surface area contributed by atoms with Gasteiger partial charge in [-0.15, -0.1) is 0 Å². The number of carbonyl (C=O) groups excluding carboxylic acids is 1. The molecule has 0 aliphatic carbocycles. The number of rotatable bonds is 5. The summed E-state index contributed by atoms with van der Waals surface area (Å²) in [5.41, 5.74) is 8.59. The van der Waals surface area contributed by atoms with Crippen molar-refractivity contribution in [3.05, 3.63) is 58.6 Å². The number of esters is 1.